The van der Waals surface area contributed by atoms with E-state index in [2.05, 4.69) is 10.0 Å². The van der Waals surface area contributed by atoms with Crippen LogP contribution >= 0.6 is 0 Å². The van der Waals surface area contributed by atoms with Crippen molar-refractivity contribution in [3.63, 3.8) is 0 Å². The van der Waals surface area contributed by atoms with Gasteiger partial charge in [-0.2, -0.15) is 0 Å². The fraction of sp³-hybridized carbons (Fsp3) is 0.273. The highest BCUT2D eigenvalue weighted by molar-refractivity contribution is 7.89. The topological polar surface area (TPSA) is 113 Å². The van der Waals surface area contributed by atoms with Crippen molar-refractivity contribution in [1.29, 1.82) is 0 Å². The van der Waals surface area contributed by atoms with Crippen molar-refractivity contribution in [2.75, 3.05) is 13.1 Å². The van der Waals surface area contributed by atoms with E-state index in [1.54, 1.807) is 18.2 Å². The van der Waals surface area contributed by atoms with Crippen LogP contribution in [0.5, 0.6) is 0 Å². The van der Waals surface area contributed by atoms with Gasteiger partial charge in [0, 0.05) is 6.54 Å². The lowest BCUT2D eigenvalue weighted by molar-refractivity contribution is -0.136. The maximum absolute atomic E-state index is 11.7. The molecule has 0 atom stereocenters. The molecule has 0 unspecified atom stereocenters. The molecule has 0 radical (unpaired) electrons. The Labute approximate surface area is 110 Å². The quantitative estimate of drug-likeness (QED) is 0.628. The van der Waals surface area contributed by atoms with Crippen molar-refractivity contribution >= 4 is 21.9 Å². The maximum Gasteiger partial charge on any atom is 0.305 e. The van der Waals surface area contributed by atoms with Gasteiger partial charge in [-0.1, -0.05) is 18.2 Å². The normalized spacial score (nSPS) is 10.9. The lowest BCUT2D eigenvalue weighted by atomic mass is 10.4. The second-order valence-electron chi connectivity index (χ2n) is 3.63. The maximum atomic E-state index is 11.7. The van der Waals surface area contributed by atoms with Crippen molar-refractivity contribution in [1.82, 2.24) is 10.0 Å². The van der Waals surface area contributed by atoms with Gasteiger partial charge in [-0.3, -0.25) is 9.59 Å². The van der Waals surface area contributed by atoms with Crippen LogP contribution in [0.2, 0.25) is 0 Å². The predicted octanol–water partition coefficient (Wildman–Crippen LogP) is -0.444. The van der Waals surface area contributed by atoms with Crippen LogP contribution < -0.4 is 10.0 Å². The monoisotopic (exact) mass is 286 g/mol. The van der Waals surface area contributed by atoms with E-state index in [-0.39, 0.29) is 17.9 Å². The first-order valence-corrected chi connectivity index (χ1v) is 6.93. The van der Waals surface area contributed by atoms with Gasteiger partial charge < -0.3 is 10.4 Å². The smallest absolute Gasteiger partial charge is 0.305 e. The Morgan fingerprint density at radius 3 is 2.37 bits per heavy atom. The number of carboxylic acid groups (broad SMARTS) is 1. The predicted molar refractivity (Wildman–Crippen MR) is 66.9 cm³/mol. The van der Waals surface area contributed by atoms with Gasteiger partial charge >= 0.3 is 5.97 Å². The van der Waals surface area contributed by atoms with Crippen molar-refractivity contribution in [2.24, 2.45) is 0 Å². The van der Waals surface area contributed by atoms with Crippen molar-refractivity contribution in [3.05, 3.63) is 30.3 Å². The molecule has 1 aromatic carbocycles. The number of amides is 1. The zero-order valence-electron chi connectivity index (χ0n) is 10.00. The molecule has 0 fully saturated rings. The highest BCUT2D eigenvalue weighted by atomic mass is 32.2. The number of carboxylic acids is 1. The van der Waals surface area contributed by atoms with Gasteiger partial charge in [0.2, 0.25) is 15.9 Å². The third-order valence-electron chi connectivity index (χ3n) is 2.14. The van der Waals surface area contributed by atoms with Gasteiger partial charge in [0.05, 0.1) is 17.9 Å². The molecule has 1 amide bonds. The van der Waals surface area contributed by atoms with Gasteiger partial charge in [0.25, 0.3) is 0 Å². The van der Waals surface area contributed by atoms with Crippen LogP contribution in [-0.2, 0) is 19.6 Å². The zero-order valence-corrected chi connectivity index (χ0v) is 10.8. The Bertz CT molecular complexity index is 541. The molecule has 1 aromatic rings. The van der Waals surface area contributed by atoms with E-state index in [0.717, 1.165) is 0 Å². The molecule has 0 bridgehead atoms. The number of benzene rings is 1. The molecule has 0 aliphatic heterocycles. The molecule has 104 valence electrons. The van der Waals surface area contributed by atoms with Crippen LogP contribution in [0.4, 0.5) is 0 Å². The third kappa shape index (κ3) is 5.49. The summed E-state index contributed by atoms with van der Waals surface area (Å²) >= 11 is 0. The van der Waals surface area contributed by atoms with Gasteiger partial charge in [0.1, 0.15) is 0 Å². The van der Waals surface area contributed by atoms with Gasteiger partial charge in [0.15, 0.2) is 0 Å². The second kappa shape index (κ2) is 6.86. The second-order valence-corrected chi connectivity index (χ2v) is 5.40. The number of hydrogen-bond acceptors (Lipinski definition) is 4. The largest absolute Gasteiger partial charge is 0.481 e. The molecule has 0 spiro atoms. The summed E-state index contributed by atoms with van der Waals surface area (Å²) in [6, 6.07) is 7.63. The van der Waals surface area contributed by atoms with Gasteiger partial charge in [-0.25, -0.2) is 13.1 Å². The fourth-order valence-corrected chi connectivity index (χ4v) is 2.22. The number of aliphatic carboxylic acids is 1. The summed E-state index contributed by atoms with van der Waals surface area (Å²) in [6.45, 7) is -0.474. The number of nitrogens with one attached hydrogen (secondary N) is 2. The SMILES string of the molecule is O=C(O)CCNC(=O)CNS(=O)(=O)c1ccccc1. The first-order valence-electron chi connectivity index (χ1n) is 5.45. The lowest BCUT2D eigenvalue weighted by Crippen LogP contribution is -2.37. The van der Waals surface area contributed by atoms with E-state index in [4.69, 9.17) is 5.11 Å². The summed E-state index contributed by atoms with van der Waals surface area (Å²) in [6.07, 6.45) is -0.211. The van der Waals surface area contributed by atoms with Crippen LogP contribution in [0.3, 0.4) is 0 Å². The molecule has 3 N–H and O–H groups in total. The molecule has 7 nitrogen and oxygen atoms in total. The van der Waals surface area contributed by atoms with Crippen LogP contribution in [0.1, 0.15) is 6.42 Å². The minimum absolute atomic E-state index is 0.0404. The molecule has 0 saturated heterocycles. The molecule has 0 aliphatic carbocycles. The number of sulfonamides is 1. The van der Waals surface area contributed by atoms with Crippen LogP contribution in [-0.4, -0.2) is 38.5 Å². The summed E-state index contributed by atoms with van der Waals surface area (Å²) in [5.41, 5.74) is 0. The number of hydrogen-bond donors (Lipinski definition) is 3. The van der Waals surface area contributed by atoms with Gasteiger partial charge in [-0.05, 0) is 12.1 Å². The summed E-state index contributed by atoms with van der Waals surface area (Å²) in [7, 11) is -3.72. The Hall–Kier alpha value is -1.93. The standard InChI is InChI=1S/C11H14N2O5S/c14-10(12-7-6-11(15)16)8-13-19(17,18)9-4-2-1-3-5-9/h1-5,13H,6-8H2,(H,12,14)(H,15,16). The van der Waals surface area contributed by atoms with Crippen molar-refractivity contribution < 1.29 is 23.1 Å². The Balaban J connectivity index is 2.44. The molecule has 8 heteroatoms. The molecule has 0 heterocycles. The number of rotatable bonds is 7. The minimum Gasteiger partial charge on any atom is -0.481 e. The number of carbonyl (C=O) groups is 2. The summed E-state index contributed by atoms with van der Waals surface area (Å²) in [4.78, 5) is 21.6. The van der Waals surface area contributed by atoms with E-state index in [9.17, 15) is 18.0 Å². The number of carbonyl (C=O) groups excluding carboxylic acids is 1. The Morgan fingerprint density at radius 2 is 1.79 bits per heavy atom. The van der Waals surface area contributed by atoms with E-state index in [1.165, 1.54) is 12.1 Å². The highest BCUT2D eigenvalue weighted by Gasteiger charge is 2.14. The third-order valence-corrected chi connectivity index (χ3v) is 3.55. The van der Waals surface area contributed by atoms with Crippen LogP contribution in [0, 0.1) is 0 Å². The molecular formula is C11H14N2O5S. The Morgan fingerprint density at radius 1 is 1.16 bits per heavy atom. The summed E-state index contributed by atoms with van der Waals surface area (Å²) < 4.78 is 25.6. The molecule has 19 heavy (non-hydrogen) atoms. The molecule has 1 rings (SSSR count). The lowest BCUT2D eigenvalue weighted by Gasteiger charge is -2.07. The first-order chi connectivity index (χ1) is 8.92. The minimum atomic E-state index is -3.72. The van der Waals surface area contributed by atoms with Gasteiger partial charge in [-0.15, -0.1) is 0 Å². The summed E-state index contributed by atoms with van der Waals surface area (Å²) in [5.74, 6) is -1.62. The highest BCUT2D eigenvalue weighted by Crippen LogP contribution is 2.06. The molecule has 0 saturated carbocycles. The van der Waals surface area contributed by atoms with E-state index in [0.29, 0.717) is 0 Å². The average Bonchev–Trinajstić information content (AvgIpc) is 2.37. The first kappa shape index (κ1) is 15.1. The van der Waals surface area contributed by atoms with E-state index < -0.39 is 28.4 Å². The average molecular weight is 286 g/mol. The van der Waals surface area contributed by atoms with Crippen molar-refractivity contribution in [3.8, 4) is 0 Å². The van der Waals surface area contributed by atoms with E-state index in [1.807, 2.05) is 0 Å². The molecule has 0 aromatic heterocycles. The zero-order chi connectivity index (χ0) is 14.3. The fourth-order valence-electron chi connectivity index (χ4n) is 1.21. The van der Waals surface area contributed by atoms with Crippen LogP contribution in [0.15, 0.2) is 35.2 Å². The molecular weight excluding hydrogens is 272 g/mol. The Kier molecular flexibility index (Phi) is 5.46. The van der Waals surface area contributed by atoms with E-state index >= 15 is 0 Å². The molecule has 0 aliphatic rings. The van der Waals surface area contributed by atoms with Crippen molar-refractivity contribution in [2.45, 2.75) is 11.3 Å². The van der Waals surface area contributed by atoms with Crippen LogP contribution in [0.25, 0.3) is 0 Å². The summed E-state index contributed by atoms with van der Waals surface area (Å²) in [5, 5.41) is 10.7.